The molecule has 0 saturated heterocycles. The Morgan fingerprint density at radius 3 is 2.05 bits per heavy atom. The molecule has 0 aliphatic rings. The summed E-state index contributed by atoms with van der Waals surface area (Å²) in [4.78, 5) is 0. The minimum absolute atomic E-state index is 0.00371. The number of phenols is 2. The topological polar surface area (TPSA) is 40.5 Å². The Kier molecular flexibility index (Phi) is 5.12. The van der Waals surface area contributed by atoms with Crippen LogP contribution in [0.25, 0.3) is 0 Å². The largest absolute Gasteiger partial charge is 0.504 e. The second kappa shape index (κ2) is 6.07. The van der Waals surface area contributed by atoms with E-state index < -0.39 is 0 Å². The molecule has 0 fully saturated rings. The van der Waals surface area contributed by atoms with E-state index in [0.717, 1.165) is 24.0 Å². The van der Waals surface area contributed by atoms with Crippen molar-refractivity contribution in [3.8, 4) is 11.5 Å². The monoisotopic (exact) mass is 278 g/mol. The lowest BCUT2D eigenvalue weighted by molar-refractivity contribution is 0.371. The molecule has 0 saturated carbocycles. The summed E-state index contributed by atoms with van der Waals surface area (Å²) in [6.45, 7) is 12.8. The maximum atomic E-state index is 10.2. The summed E-state index contributed by atoms with van der Waals surface area (Å²) in [7, 11) is 0. The fourth-order valence-corrected chi connectivity index (χ4v) is 2.52. The van der Waals surface area contributed by atoms with Crippen molar-refractivity contribution in [3.63, 3.8) is 0 Å². The van der Waals surface area contributed by atoms with Gasteiger partial charge in [-0.1, -0.05) is 66.9 Å². The summed E-state index contributed by atoms with van der Waals surface area (Å²) >= 11 is 0. The van der Waals surface area contributed by atoms with Crippen molar-refractivity contribution in [1.82, 2.24) is 0 Å². The molecule has 0 spiro atoms. The molecule has 1 aromatic rings. The van der Waals surface area contributed by atoms with Gasteiger partial charge in [-0.3, -0.25) is 0 Å². The first-order valence-corrected chi connectivity index (χ1v) is 7.66. The molecule has 0 atom stereocenters. The lowest BCUT2D eigenvalue weighted by Gasteiger charge is -2.29. The van der Waals surface area contributed by atoms with Crippen LogP contribution >= 0.6 is 0 Å². The third kappa shape index (κ3) is 3.91. The lowest BCUT2D eigenvalue weighted by atomic mass is 9.76. The fourth-order valence-electron chi connectivity index (χ4n) is 2.52. The number of rotatable bonds is 5. The zero-order chi connectivity index (χ0) is 15.6. The van der Waals surface area contributed by atoms with Crippen LogP contribution in [0.15, 0.2) is 12.1 Å². The van der Waals surface area contributed by atoms with E-state index in [1.165, 1.54) is 12.8 Å². The predicted molar refractivity (Wildman–Crippen MR) is 85.6 cm³/mol. The van der Waals surface area contributed by atoms with Gasteiger partial charge in [-0.25, -0.2) is 0 Å². The Morgan fingerprint density at radius 1 is 0.950 bits per heavy atom. The first-order chi connectivity index (χ1) is 9.09. The molecule has 0 aliphatic heterocycles. The fraction of sp³-hybridized carbons (Fsp3) is 0.667. The summed E-state index contributed by atoms with van der Waals surface area (Å²) in [5, 5.41) is 20.3. The Bertz CT molecular complexity index is 453. The molecule has 0 heterocycles. The molecule has 2 N–H and O–H groups in total. The minimum atomic E-state index is -0.127. The van der Waals surface area contributed by atoms with Crippen LogP contribution in [0.1, 0.15) is 78.4 Å². The molecule has 0 unspecified atom stereocenters. The van der Waals surface area contributed by atoms with Gasteiger partial charge in [0.25, 0.3) is 0 Å². The maximum absolute atomic E-state index is 10.2. The predicted octanol–water partition coefficient (Wildman–Crippen LogP) is 5.25. The van der Waals surface area contributed by atoms with Crippen molar-refractivity contribution in [2.24, 2.45) is 0 Å². The van der Waals surface area contributed by atoms with Crippen LogP contribution in [0.4, 0.5) is 0 Å². The molecule has 20 heavy (non-hydrogen) atoms. The summed E-state index contributed by atoms with van der Waals surface area (Å²) in [5.74, 6) is 0.0375. The number of unbranched alkanes of at least 4 members (excludes halogenated alkanes) is 2. The number of benzene rings is 1. The molecule has 0 aromatic heterocycles. The molecule has 2 nitrogen and oxygen atoms in total. The smallest absolute Gasteiger partial charge is 0.161 e. The normalized spacial score (nSPS) is 12.7. The highest BCUT2D eigenvalue weighted by molar-refractivity contribution is 5.52. The quantitative estimate of drug-likeness (QED) is 0.570. The van der Waals surface area contributed by atoms with Gasteiger partial charge in [-0.15, -0.1) is 0 Å². The highest BCUT2D eigenvalue weighted by Crippen LogP contribution is 2.42. The molecular weight excluding hydrogens is 248 g/mol. The molecule has 0 aliphatic carbocycles. The molecular formula is C18H30O2. The standard InChI is InChI=1S/C18H30O2/c1-7-8-9-10-18(5,6)14-11-13(17(2,3)4)12-15(19)16(14)20/h11-12,19-20H,7-10H2,1-6H3. The number of hydrogen-bond donors (Lipinski definition) is 2. The van der Waals surface area contributed by atoms with Crippen LogP contribution < -0.4 is 0 Å². The molecule has 0 amide bonds. The first kappa shape index (κ1) is 16.9. The molecule has 1 aromatic carbocycles. The van der Waals surface area contributed by atoms with Crippen LogP contribution in [-0.4, -0.2) is 10.2 Å². The van der Waals surface area contributed by atoms with Crippen LogP contribution in [0, 0.1) is 0 Å². The van der Waals surface area contributed by atoms with Crippen molar-refractivity contribution >= 4 is 0 Å². The molecule has 0 bridgehead atoms. The summed E-state index contributed by atoms with van der Waals surface area (Å²) in [6, 6.07) is 3.74. The molecule has 1 rings (SSSR count). The van der Waals surface area contributed by atoms with Gasteiger partial charge in [0.1, 0.15) is 0 Å². The van der Waals surface area contributed by atoms with E-state index in [0.29, 0.717) is 0 Å². The van der Waals surface area contributed by atoms with E-state index in [1.807, 2.05) is 0 Å². The Labute approximate surface area is 123 Å². The Morgan fingerprint density at radius 2 is 1.55 bits per heavy atom. The average Bonchev–Trinajstić information content (AvgIpc) is 2.31. The molecule has 2 heteroatoms. The summed E-state index contributed by atoms with van der Waals surface area (Å²) in [5.41, 5.74) is 1.75. The van der Waals surface area contributed by atoms with Crippen LogP contribution in [0.2, 0.25) is 0 Å². The summed E-state index contributed by atoms with van der Waals surface area (Å²) < 4.78 is 0. The number of hydrogen-bond acceptors (Lipinski definition) is 2. The van der Waals surface area contributed by atoms with Crippen LogP contribution in [0.3, 0.4) is 0 Å². The van der Waals surface area contributed by atoms with Crippen molar-refractivity contribution in [2.75, 3.05) is 0 Å². The van der Waals surface area contributed by atoms with E-state index in [4.69, 9.17) is 0 Å². The van der Waals surface area contributed by atoms with Gasteiger partial charge >= 0.3 is 0 Å². The third-order valence-electron chi connectivity index (χ3n) is 4.09. The van der Waals surface area contributed by atoms with Crippen LogP contribution in [0.5, 0.6) is 11.5 Å². The van der Waals surface area contributed by atoms with Crippen molar-refractivity contribution in [1.29, 1.82) is 0 Å². The SMILES string of the molecule is CCCCCC(C)(C)c1cc(C(C)(C)C)cc(O)c1O. The van der Waals surface area contributed by atoms with Crippen molar-refractivity contribution in [3.05, 3.63) is 23.3 Å². The van der Waals surface area contributed by atoms with Gasteiger partial charge in [0.05, 0.1) is 0 Å². The van der Waals surface area contributed by atoms with Gasteiger partial charge in [0.15, 0.2) is 11.5 Å². The molecule has 114 valence electrons. The van der Waals surface area contributed by atoms with E-state index in [-0.39, 0.29) is 22.3 Å². The minimum Gasteiger partial charge on any atom is -0.504 e. The zero-order valence-corrected chi connectivity index (χ0v) is 13.9. The summed E-state index contributed by atoms with van der Waals surface area (Å²) in [6.07, 6.45) is 4.55. The second-order valence-electron chi connectivity index (χ2n) is 7.48. The second-order valence-corrected chi connectivity index (χ2v) is 7.48. The number of phenolic OH excluding ortho intramolecular Hbond substituents is 2. The highest BCUT2D eigenvalue weighted by Gasteiger charge is 2.27. The van der Waals surface area contributed by atoms with Gasteiger partial charge in [0.2, 0.25) is 0 Å². The zero-order valence-electron chi connectivity index (χ0n) is 13.9. The molecule has 0 radical (unpaired) electrons. The van der Waals surface area contributed by atoms with E-state index in [2.05, 4.69) is 47.6 Å². The van der Waals surface area contributed by atoms with Gasteiger partial charge in [-0.05, 0) is 28.9 Å². The maximum Gasteiger partial charge on any atom is 0.161 e. The van der Waals surface area contributed by atoms with E-state index in [9.17, 15) is 10.2 Å². The lowest BCUT2D eigenvalue weighted by Crippen LogP contribution is -2.19. The number of aromatic hydroxyl groups is 2. The van der Waals surface area contributed by atoms with E-state index in [1.54, 1.807) is 6.07 Å². The van der Waals surface area contributed by atoms with E-state index >= 15 is 0 Å². The van der Waals surface area contributed by atoms with Gasteiger partial charge < -0.3 is 10.2 Å². The van der Waals surface area contributed by atoms with Crippen molar-refractivity contribution < 1.29 is 10.2 Å². The Balaban J connectivity index is 3.19. The first-order valence-electron chi connectivity index (χ1n) is 7.66. The third-order valence-corrected chi connectivity index (χ3v) is 4.09. The van der Waals surface area contributed by atoms with Gasteiger partial charge in [-0.2, -0.15) is 0 Å². The van der Waals surface area contributed by atoms with Crippen molar-refractivity contribution in [2.45, 2.75) is 78.1 Å². The highest BCUT2D eigenvalue weighted by atomic mass is 16.3. The van der Waals surface area contributed by atoms with Gasteiger partial charge in [0, 0.05) is 5.56 Å². The Hall–Kier alpha value is -1.18. The average molecular weight is 278 g/mol. The van der Waals surface area contributed by atoms with Crippen LogP contribution in [-0.2, 0) is 10.8 Å².